The summed E-state index contributed by atoms with van der Waals surface area (Å²) >= 11 is 0. The van der Waals surface area contributed by atoms with E-state index in [0.717, 1.165) is 5.69 Å². The zero-order valence-corrected chi connectivity index (χ0v) is 17.3. The summed E-state index contributed by atoms with van der Waals surface area (Å²) in [5, 5.41) is 22.7. The second-order valence-electron chi connectivity index (χ2n) is 6.88. The summed E-state index contributed by atoms with van der Waals surface area (Å²) in [6, 6.07) is 4.80. The number of carbonyl (C=O) groups excluding carboxylic acids is 1. The first-order valence-electron chi connectivity index (χ1n) is 9.33. The Balaban J connectivity index is 3.07. The number of hydrogen-bond donors (Lipinski definition) is 7. The summed E-state index contributed by atoms with van der Waals surface area (Å²) in [6.45, 7) is 8.34. The van der Waals surface area contributed by atoms with Gasteiger partial charge in [-0.15, -0.1) is 0 Å². The summed E-state index contributed by atoms with van der Waals surface area (Å²) in [6.07, 6.45) is 1.25. The van der Waals surface area contributed by atoms with Crippen LogP contribution >= 0.6 is 0 Å². The zero-order chi connectivity index (χ0) is 21.8. The van der Waals surface area contributed by atoms with Gasteiger partial charge in [0.15, 0.2) is 0 Å². The van der Waals surface area contributed by atoms with Crippen molar-refractivity contribution in [3.8, 4) is 5.75 Å². The van der Waals surface area contributed by atoms with E-state index in [2.05, 4.69) is 32.0 Å². The van der Waals surface area contributed by atoms with Crippen LogP contribution < -0.4 is 37.9 Å². The average molecular weight is 409 g/mol. The van der Waals surface area contributed by atoms with Gasteiger partial charge in [-0.05, 0) is 43.2 Å². The van der Waals surface area contributed by atoms with E-state index >= 15 is 0 Å². The van der Waals surface area contributed by atoms with Crippen LogP contribution in [0.25, 0.3) is 0 Å². The molecule has 9 N–H and O–H groups in total. The number of hydrazine groups is 1. The van der Waals surface area contributed by atoms with Gasteiger partial charge in [-0.3, -0.25) is 10.2 Å². The molecule has 0 radical (unpaired) electrons. The number of anilines is 1. The van der Waals surface area contributed by atoms with Crippen molar-refractivity contribution in [1.29, 1.82) is 0 Å². The molecule has 1 rings (SSSR count). The van der Waals surface area contributed by atoms with E-state index in [1.807, 2.05) is 33.8 Å². The third-order valence-corrected chi connectivity index (χ3v) is 3.72. The Hall–Kier alpha value is -3.21. The van der Waals surface area contributed by atoms with Crippen LogP contribution in [0.4, 0.5) is 5.69 Å². The van der Waals surface area contributed by atoms with Gasteiger partial charge in [-0.25, -0.2) is 5.53 Å². The molecule has 0 bridgehead atoms. The SMILES string of the molecule is CC(C)Nc1ccc(OCCN)c(C(=O)N[C@H](C(O)=CNNN=NN)C(C)C)c1. The highest BCUT2D eigenvalue weighted by Crippen LogP contribution is 2.24. The molecule has 0 aliphatic rings. The fourth-order valence-corrected chi connectivity index (χ4v) is 2.48. The van der Waals surface area contributed by atoms with Crippen LogP contribution in [0.15, 0.2) is 40.6 Å². The first-order valence-corrected chi connectivity index (χ1v) is 9.33. The molecule has 29 heavy (non-hydrogen) atoms. The molecule has 0 unspecified atom stereocenters. The highest BCUT2D eigenvalue weighted by atomic mass is 16.5. The van der Waals surface area contributed by atoms with Gasteiger partial charge >= 0.3 is 0 Å². The average Bonchev–Trinajstić information content (AvgIpc) is 2.67. The van der Waals surface area contributed by atoms with Crippen molar-refractivity contribution in [1.82, 2.24) is 16.3 Å². The van der Waals surface area contributed by atoms with Crippen LogP contribution in [-0.4, -0.2) is 36.2 Å². The number of benzene rings is 1. The number of amides is 1. The molecule has 1 amide bonds. The Morgan fingerprint density at radius 1 is 1.31 bits per heavy atom. The molecule has 11 nitrogen and oxygen atoms in total. The minimum Gasteiger partial charge on any atom is -0.509 e. The van der Waals surface area contributed by atoms with E-state index < -0.39 is 11.9 Å². The Labute approximate surface area is 170 Å². The van der Waals surface area contributed by atoms with Crippen molar-refractivity contribution in [2.75, 3.05) is 18.5 Å². The van der Waals surface area contributed by atoms with Crippen molar-refractivity contribution in [2.45, 2.75) is 39.8 Å². The van der Waals surface area contributed by atoms with Gasteiger partial charge < -0.3 is 32.1 Å². The number of nitrogens with two attached hydrogens (primary N) is 2. The number of rotatable bonds is 12. The van der Waals surface area contributed by atoms with Crippen LogP contribution in [0.3, 0.4) is 0 Å². The summed E-state index contributed by atoms with van der Waals surface area (Å²) in [4.78, 5) is 13.0. The number of nitrogens with zero attached hydrogens (tertiary/aromatic N) is 2. The molecule has 1 atom stereocenters. The van der Waals surface area contributed by atoms with Gasteiger partial charge in [-0.1, -0.05) is 19.1 Å². The lowest BCUT2D eigenvalue weighted by Crippen LogP contribution is -2.41. The lowest BCUT2D eigenvalue weighted by molar-refractivity contribution is 0.0917. The Morgan fingerprint density at radius 2 is 2.03 bits per heavy atom. The molecular weight excluding hydrogens is 376 g/mol. The molecule has 0 aliphatic carbocycles. The molecule has 1 aromatic carbocycles. The molecular formula is C18H32N8O3. The summed E-state index contributed by atoms with van der Waals surface area (Å²) in [5.41, 5.74) is 11.4. The Morgan fingerprint density at radius 3 is 2.62 bits per heavy atom. The molecule has 0 saturated heterocycles. The van der Waals surface area contributed by atoms with E-state index in [4.69, 9.17) is 16.3 Å². The smallest absolute Gasteiger partial charge is 0.255 e. The first-order chi connectivity index (χ1) is 13.8. The van der Waals surface area contributed by atoms with Crippen molar-refractivity contribution < 1.29 is 14.6 Å². The largest absolute Gasteiger partial charge is 0.509 e. The number of aliphatic hydroxyl groups excluding tert-OH is 1. The monoisotopic (exact) mass is 408 g/mol. The van der Waals surface area contributed by atoms with Gasteiger partial charge in [0.1, 0.15) is 18.1 Å². The van der Waals surface area contributed by atoms with Gasteiger partial charge in [0.2, 0.25) is 0 Å². The maximum absolute atomic E-state index is 13.0. The summed E-state index contributed by atoms with van der Waals surface area (Å²) < 4.78 is 5.61. The predicted molar refractivity (Wildman–Crippen MR) is 112 cm³/mol. The maximum Gasteiger partial charge on any atom is 0.255 e. The Bertz CT molecular complexity index is 706. The molecule has 1 aromatic rings. The zero-order valence-electron chi connectivity index (χ0n) is 17.3. The molecule has 0 spiro atoms. The third-order valence-electron chi connectivity index (χ3n) is 3.72. The lowest BCUT2D eigenvalue weighted by atomic mass is 10.0. The second-order valence-corrected chi connectivity index (χ2v) is 6.88. The molecule has 0 aromatic heterocycles. The number of nitrogens with one attached hydrogen (secondary N) is 4. The first kappa shape index (κ1) is 23.8. The fraction of sp³-hybridized carbons (Fsp3) is 0.500. The summed E-state index contributed by atoms with van der Waals surface area (Å²) in [7, 11) is 0. The van der Waals surface area contributed by atoms with Crippen LogP contribution in [0.5, 0.6) is 5.75 Å². The molecule has 11 heteroatoms. The van der Waals surface area contributed by atoms with E-state index in [1.54, 1.807) is 12.1 Å². The van der Waals surface area contributed by atoms with Crippen LogP contribution in [-0.2, 0) is 0 Å². The Kier molecular flexibility index (Phi) is 10.1. The molecule has 0 fully saturated rings. The van der Waals surface area contributed by atoms with Crippen LogP contribution in [0.1, 0.15) is 38.1 Å². The molecule has 0 saturated carbocycles. The minimum atomic E-state index is -0.657. The maximum atomic E-state index is 13.0. The number of carbonyl (C=O) groups is 1. The highest BCUT2D eigenvalue weighted by Gasteiger charge is 2.23. The fourth-order valence-electron chi connectivity index (χ4n) is 2.48. The van der Waals surface area contributed by atoms with E-state index in [-0.39, 0.29) is 24.3 Å². The van der Waals surface area contributed by atoms with Crippen molar-refractivity contribution in [3.63, 3.8) is 0 Å². The quantitative estimate of drug-likeness (QED) is 0.0892. The van der Waals surface area contributed by atoms with Gasteiger partial charge in [0, 0.05) is 18.3 Å². The number of ether oxygens (including phenoxy) is 1. The van der Waals surface area contributed by atoms with E-state index in [9.17, 15) is 9.90 Å². The third kappa shape index (κ3) is 8.13. The normalized spacial score (nSPS) is 12.9. The van der Waals surface area contributed by atoms with Gasteiger partial charge in [0.05, 0.1) is 17.8 Å². The molecule has 0 heterocycles. The predicted octanol–water partition coefficient (Wildman–Crippen LogP) is 1.33. The van der Waals surface area contributed by atoms with Crippen molar-refractivity contribution >= 4 is 11.6 Å². The number of hydrogen-bond acceptors (Lipinski definition) is 8. The van der Waals surface area contributed by atoms with Crippen LogP contribution in [0, 0.1) is 5.92 Å². The molecule has 162 valence electrons. The second kappa shape index (κ2) is 12.3. The topological polar surface area (TPSA) is 171 Å². The summed E-state index contributed by atoms with van der Waals surface area (Å²) in [5.74, 6) is 4.69. The standard InChI is InChI=1S/C18H32N8O3/c1-11(2)17(15(27)10-21-25-26-24-20)23-18(28)14-9-13(22-12(3)4)5-6-16(14)29-8-7-19/h5-6,9-12,17,22,27H,7-8,19H2,1-4H3,(H,23,28)(H,24,25)(H3,20,21,26)/t17-/m0/s1. The lowest BCUT2D eigenvalue weighted by Gasteiger charge is -2.23. The molecule has 0 aliphatic heterocycles. The highest BCUT2D eigenvalue weighted by molar-refractivity contribution is 5.98. The minimum absolute atomic E-state index is 0.0986. The van der Waals surface area contributed by atoms with E-state index in [0.29, 0.717) is 17.9 Å². The van der Waals surface area contributed by atoms with Gasteiger partial charge in [-0.2, -0.15) is 0 Å². The van der Waals surface area contributed by atoms with Gasteiger partial charge in [0.25, 0.3) is 5.91 Å². The number of aliphatic hydroxyl groups is 1. The van der Waals surface area contributed by atoms with E-state index in [1.165, 1.54) is 6.20 Å². The van der Waals surface area contributed by atoms with Crippen molar-refractivity contribution in [3.05, 3.63) is 35.7 Å². The van der Waals surface area contributed by atoms with Crippen molar-refractivity contribution in [2.24, 2.45) is 27.9 Å². The van der Waals surface area contributed by atoms with Crippen LogP contribution in [0.2, 0.25) is 0 Å².